The van der Waals surface area contributed by atoms with Crippen LogP contribution in [-0.2, 0) is 14.8 Å². The lowest BCUT2D eigenvalue weighted by Gasteiger charge is -2.31. The molecular weight excluding hydrogens is 424 g/mol. The first-order chi connectivity index (χ1) is 14.4. The summed E-state index contributed by atoms with van der Waals surface area (Å²) in [4.78, 5) is 12.9. The van der Waals surface area contributed by atoms with E-state index in [1.807, 2.05) is 6.92 Å². The molecular formula is C22H19ClN2O4S. The van der Waals surface area contributed by atoms with E-state index in [1.54, 1.807) is 60.7 Å². The van der Waals surface area contributed by atoms with Crippen LogP contribution in [0.2, 0.25) is 5.02 Å². The van der Waals surface area contributed by atoms with Crippen molar-refractivity contribution in [3.8, 4) is 16.9 Å². The number of fused-ring (bicyclic) bond motifs is 3. The lowest BCUT2D eigenvalue weighted by atomic mass is 10.0. The molecule has 1 amide bonds. The molecule has 30 heavy (non-hydrogen) atoms. The third-order valence-electron chi connectivity index (χ3n) is 4.69. The monoisotopic (exact) mass is 442 g/mol. The van der Waals surface area contributed by atoms with E-state index in [4.69, 9.17) is 16.3 Å². The SMILES string of the molecule is CCOc1cccc(NC(=O)CN2c3ccc(Cl)cc3-c3ccccc3S2(=O)=O)c1. The Balaban J connectivity index is 1.67. The lowest BCUT2D eigenvalue weighted by Crippen LogP contribution is -2.40. The minimum Gasteiger partial charge on any atom is -0.494 e. The molecule has 1 aliphatic heterocycles. The number of nitrogens with zero attached hydrogens (tertiary/aromatic N) is 1. The molecule has 1 heterocycles. The maximum Gasteiger partial charge on any atom is 0.265 e. The zero-order chi connectivity index (χ0) is 21.3. The molecule has 6 nitrogen and oxygen atoms in total. The van der Waals surface area contributed by atoms with Crippen LogP contribution in [0.4, 0.5) is 11.4 Å². The van der Waals surface area contributed by atoms with Gasteiger partial charge in [-0.3, -0.25) is 9.10 Å². The third-order valence-corrected chi connectivity index (χ3v) is 6.74. The van der Waals surface area contributed by atoms with Gasteiger partial charge in [0, 0.05) is 27.9 Å². The van der Waals surface area contributed by atoms with E-state index in [9.17, 15) is 13.2 Å². The highest BCUT2D eigenvalue weighted by Crippen LogP contribution is 2.43. The Bertz CT molecular complexity index is 1230. The van der Waals surface area contributed by atoms with Crippen molar-refractivity contribution in [2.24, 2.45) is 0 Å². The van der Waals surface area contributed by atoms with E-state index in [1.165, 1.54) is 6.07 Å². The Kier molecular flexibility index (Phi) is 5.40. The number of hydrogen-bond donors (Lipinski definition) is 1. The Morgan fingerprint density at radius 3 is 2.63 bits per heavy atom. The van der Waals surface area contributed by atoms with Crippen LogP contribution in [0.1, 0.15) is 6.92 Å². The Morgan fingerprint density at radius 2 is 1.83 bits per heavy atom. The molecule has 3 aromatic rings. The highest BCUT2D eigenvalue weighted by molar-refractivity contribution is 7.93. The zero-order valence-electron chi connectivity index (χ0n) is 16.1. The van der Waals surface area contributed by atoms with Gasteiger partial charge in [0.2, 0.25) is 5.91 Å². The minimum absolute atomic E-state index is 0.144. The van der Waals surface area contributed by atoms with Gasteiger partial charge in [-0.05, 0) is 43.3 Å². The van der Waals surface area contributed by atoms with E-state index in [0.717, 1.165) is 4.31 Å². The van der Waals surface area contributed by atoms with E-state index in [2.05, 4.69) is 5.32 Å². The van der Waals surface area contributed by atoms with Crippen LogP contribution in [0.25, 0.3) is 11.1 Å². The largest absolute Gasteiger partial charge is 0.494 e. The first-order valence-electron chi connectivity index (χ1n) is 9.34. The number of rotatable bonds is 5. The highest BCUT2D eigenvalue weighted by Gasteiger charge is 2.35. The van der Waals surface area contributed by atoms with Crippen LogP contribution >= 0.6 is 11.6 Å². The quantitative estimate of drug-likeness (QED) is 0.628. The Labute approximate surface area is 180 Å². The normalized spacial score (nSPS) is 13.9. The summed E-state index contributed by atoms with van der Waals surface area (Å²) in [6.45, 7) is 2.00. The van der Waals surface area contributed by atoms with Gasteiger partial charge in [0.05, 0.1) is 17.2 Å². The fraction of sp³-hybridized carbons (Fsp3) is 0.136. The molecule has 4 rings (SSSR count). The fourth-order valence-electron chi connectivity index (χ4n) is 3.44. The predicted molar refractivity (Wildman–Crippen MR) is 118 cm³/mol. The number of ether oxygens (including phenoxy) is 1. The van der Waals surface area contributed by atoms with Crippen LogP contribution in [0.5, 0.6) is 5.75 Å². The molecule has 0 unspecified atom stereocenters. The molecule has 0 radical (unpaired) electrons. The molecule has 0 saturated heterocycles. The molecule has 0 saturated carbocycles. The van der Waals surface area contributed by atoms with Gasteiger partial charge in [-0.15, -0.1) is 0 Å². The summed E-state index contributed by atoms with van der Waals surface area (Å²) in [6, 6.07) is 18.6. The number of halogens is 1. The standard InChI is InChI=1S/C22H19ClN2O4S/c1-2-29-17-7-5-6-16(13-17)24-22(26)14-25-20-11-10-15(23)12-19(20)18-8-3-4-9-21(18)30(25,27)28/h3-13H,2,14H2,1H3,(H,24,26). The molecule has 154 valence electrons. The number of amides is 1. The number of benzene rings is 3. The summed E-state index contributed by atoms with van der Waals surface area (Å²) in [5.74, 6) is 0.155. The molecule has 3 aromatic carbocycles. The molecule has 1 aliphatic rings. The van der Waals surface area contributed by atoms with Crippen molar-refractivity contribution in [2.45, 2.75) is 11.8 Å². The van der Waals surface area contributed by atoms with Crippen molar-refractivity contribution in [1.82, 2.24) is 0 Å². The van der Waals surface area contributed by atoms with Crippen LogP contribution in [0, 0.1) is 0 Å². The second-order valence-corrected chi connectivity index (χ2v) is 8.95. The maximum atomic E-state index is 13.3. The Morgan fingerprint density at radius 1 is 1.03 bits per heavy atom. The first kappa shape index (κ1) is 20.3. The van der Waals surface area contributed by atoms with Crippen LogP contribution < -0.4 is 14.4 Å². The van der Waals surface area contributed by atoms with E-state index in [0.29, 0.717) is 39.9 Å². The maximum absolute atomic E-state index is 13.3. The number of sulfonamides is 1. The topological polar surface area (TPSA) is 75.7 Å². The average Bonchev–Trinajstić information content (AvgIpc) is 2.72. The van der Waals surface area contributed by atoms with Crippen LogP contribution in [0.15, 0.2) is 71.6 Å². The smallest absolute Gasteiger partial charge is 0.265 e. The molecule has 0 atom stereocenters. The highest BCUT2D eigenvalue weighted by atomic mass is 35.5. The predicted octanol–water partition coefficient (Wildman–Crippen LogP) is 4.55. The van der Waals surface area contributed by atoms with Crippen molar-refractivity contribution in [1.29, 1.82) is 0 Å². The summed E-state index contributed by atoms with van der Waals surface area (Å²) >= 11 is 6.16. The molecule has 0 fully saturated rings. The van der Waals surface area contributed by atoms with Gasteiger partial charge in [0.15, 0.2) is 0 Å². The molecule has 0 spiro atoms. The number of nitrogens with one attached hydrogen (secondary N) is 1. The average molecular weight is 443 g/mol. The van der Waals surface area contributed by atoms with Gasteiger partial charge in [-0.25, -0.2) is 8.42 Å². The summed E-state index contributed by atoms with van der Waals surface area (Å²) < 4.78 is 33.1. The first-order valence-corrected chi connectivity index (χ1v) is 11.2. The van der Waals surface area contributed by atoms with Gasteiger partial charge in [-0.2, -0.15) is 0 Å². The second kappa shape index (κ2) is 8.01. The molecule has 8 heteroatoms. The van der Waals surface area contributed by atoms with Crippen molar-refractivity contribution in [3.63, 3.8) is 0 Å². The van der Waals surface area contributed by atoms with Gasteiger partial charge in [0.1, 0.15) is 12.3 Å². The molecule has 0 aliphatic carbocycles. The van der Waals surface area contributed by atoms with Gasteiger partial charge in [-0.1, -0.05) is 35.9 Å². The zero-order valence-corrected chi connectivity index (χ0v) is 17.7. The van der Waals surface area contributed by atoms with Crippen molar-refractivity contribution >= 4 is 38.9 Å². The summed E-state index contributed by atoms with van der Waals surface area (Å²) in [5, 5.41) is 3.23. The molecule has 1 N–H and O–H groups in total. The van der Waals surface area contributed by atoms with Gasteiger partial charge < -0.3 is 10.1 Å². The second-order valence-electron chi connectivity index (χ2n) is 6.68. The summed E-state index contributed by atoms with van der Waals surface area (Å²) in [5.41, 5.74) is 2.17. The molecule has 0 aromatic heterocycles. The fourth-order valence-corrected chi connectivity index (χ4v) is 5.26. The van der Waals surface area contributed by atoms with Crippen LogP contribution in [0.3, 0.4) is 0 Å². The number of carbonyl (C=O) groups excluding carboxylic acids is 1. The Hall–Kier alpha value is -3.03. The summed E-state index contributed by atoms with van der Waals surface area (Å²) in [7, 11) is -3.91. The van der Waals surface area contributed by atoms with Gasteiger partial charge in [0.25, 0.3) is 10.0 Å². The number of anilines is 2. The minimum atomic E-state index is -3.91. The third kappa shape index (κ3) is 3.74. The van der Waals surface area contributed by atoms with E-state index < -0.39 is 15.9 Å². The lowest BCUT2D eigenvalue weighted by molar-refractivity contribution is -0.114. The number of hydrogen-bond acceptors (Lipinski definition) is 4. The van der Waals surface area contributed by atoms with Crippen molar-refractivity contribution in [2.75, 3.05) is 22.8 Å². The van der Waals surface area contributed by atoms with Crippen molar-refractivity contribution in [3.05, 3.63) is 71.8 Å². The van der Waals surface area contributed by atoms with Crippen LogP contribution in [-0.4, -0.2) is 27.5 Å². The van der Waals surface area contributed by atoms with Crippen molar-refractivity contribution < 1.29 is 17.9 Å². The van der Waals surface area contributed by atoms with E-state index in [-0.39, 0.29) is 11.4 Å². The summed E-state index contributed by atoms with van der Waals surface area (Å²) in [6.07, 6.45) is 0. The molecule has 0 bridgehead atoms. The van der Waals surface area contributed by atoms with Gasteiger partial charge >= 0.3 is 0 Å². The van der Waals surface area contributed by atoms with E-state index >= 15 is 0 Å². The number of carbonyl (C=O) groups is 1.